The monoisotopic (exact) mass is 271 g/mol. The molecular weight excluding hydrogens is 258 g/mol. The van der Waals surface area contributed by atoms with Crippen molar-refractivity contribution in [3.8, 4) is 0 Å². The van der Waals surface area contributed by atoms with E-state index >= 15 is 0 Å². The highest BCUT2D eigenvalue weighted by Crippen LogP contribution is 2.28. The number of hydrogen-bond acceptors (Lipinski definition) is 4. The number of carbonyl (C=O) groups is 3. The zero-order valence-electron chi connectivity index (χ0n) is 10.9. The lowest BCUT2D eigenvalue weighted by molar-refractivity contribution is -0.134. The molecule has 1 unspecified atom stereocenters. The number of fused-ring (bicyclic) bond motifs is 1. The molecule has 2 amide bonds. The standard InChI is InChI=1S/C14H13N3O3/c1-17-12(7-18)10-6-8(2-4-11(10)16-17)9-3-5-13(19)15-14(9)20/h2,4,6-7,9H,3,5H2,1H3,(H,15,19,20). The van der Waals surface area contributed by atoms with Gasteiger partial charge in [-0.15, -0.1) is 0 Å². The van der Waals surface area contributed by atoms with Crippen LogP contribution >= 0.6 is 0 Å². The molecule has 1 aliphatic rings. The van der Waals surface area contributed by atoms with Crippen LogP contribution in [-0.2, 0) is 16.6 Å². The minimum atomic E-state index is -0.350. The summed E-state index contributed by atoms with van der Waals surface area (Å²) in [7, 11) is 1.70. The van der Waals surface area contributed by atoms with Gasteiger partial charge in [-0.2, -0.15) is 5.10 Å². The fourth-order valence-electron chi connectivity index (χ4n) is 2.60. The Morgan fingerprint density at radius 3 is 2.90 bits per heavy atom. The summed E-state index contributed by atoms with van der Waals surface area (Å²) in [5, 5.41) is 7.30. The zero-order valence-corrected chi connectivity index (χ0v) is 10.9. The third kappa shape index (κ3) is 1.89. The fourth-order valence-corrected chi connectivity index (χ4v) is 2.60. The number of amides is 2. The number of rotatable bonds is 2. The lowest BCUT2D eigenvalue weighted by Crippen LogP contribution is -2.39. The van der Waals surface area contributed by atoms with Crippen molar-refractivity contribution >= 4 is 29.0 Å². The topological polar surface area (TPSA) is 81.1 Å². The third-order valence-corrected chi connectivity index (χ3v) is 3.66. The summed E-state index contributed by atoms with van der Waals surface area (Å²) < 4.78 is 1.52. The smallest absolute Gasteiger partial charge is 0.234 e. The fraction of sp³-hybridized carbons (Fsp3) is 0.286. The van der Waals surface area contributed by atoms with Crippen LogP contribution in [0.2, 0.25) is 0 Å². The highest BCUT2D eigenvalue weighted by molar-refractivity contribution is 6.02. The van der Waals surface area contributed by atoms with Crippen molar-refractivity contribution in [1.29, 1.82) is 0 Å². The SMILES string of the molecule is Cn1nc2ccc(C3CCC(=O)NC3=O)cc2c1C=O. The second-order valence-electron chi connectivity index (χ2n) is 4.91. The molecule has 1 saturated heterocycles. The number of nitrogens with zero attached hydrogens (tertiary/aromatic N) is 2. The lowest BCUT2D eigenvalue weighted by atomic mass is 9.90. The van der Waals surface area contributed by atoms with Crippen molar-refractivity contribution in [2.45, 2.75) is 18.8 Å². The molecule has 20 heavy (non-hydrogen) atoms. The van der Waals surface area contributed by atoms with Gasteiger partial charge in [0.2, 0.25) is 11.8 Å². The van der Waals surface area contributed by atoms with E-state index in [2.05, 4.69) is 10.4 Å². The molecule has 1 aromatic heterocycles. The summed E-state index contributed by atoms with van der Waals surface area (Å²) in [6, 6.07) is 5.43. The van der Waals surface area contributed by atoms with E-state index in [0.29, 0.717) is 24.1 Å². The van der Waals surface area contributed by atoms with Gasteiger partial charge in [0.15, 0.2) is 6.29 Å². The molecule has 0 aliphatic carbocycles. The average molecular weight is 271 g/mol. The Labute approximate surface area is 114 Å². The van der Waals surface area contributed by atoms with Crippen molar-refractivity contribution in [1.82, 2.24) is 15.1 Å². The Bertz CT molecular complexity index is 733. The van der Waals surface area contributed by atoms with Crippen LogP contribution in [0.25, 0.3) is 10.9 Å². The van der Waals surface area contributed by atoms with Crippen LogP contribution in [-0.4, -0.2) is 27.9 Å². The number of hydrogen-bond donors (Lipinski definition) is 1. The molecule has 1 fully saturated rings. The number of aryl methyl sites for hydroxylation is 1. The largest absolute Gasteiger partial charge is 0.296 e. The maximum Gasteiger partial charge on any atom is 0.234 e. The van der Waals surface area contributed by atoms with Gasteiger partial charge in [0, 0.05) is 18.9 Å². The number of imide groups is 1. The first-order valence-corrected chi connectivity index (χ1v) is 6.35. The van der Waals surface area contributed by atoms with Crippen LogP contribution < -0.4 is 5.32 Å². The minimum Gasteiger partial charge on any atom is -0.296 e. The molecule has 6 nitrogen and oxygen atoms in total. The Hall–Kier alpha value is -2.50. The van der Waals surface area contributed by atoms with Gasteiger partial charge >= 0.3 is 0 Å². The molecular formula is C14H13N3O3. The molecule has 1 aliphatic heterocycles. The zero-order chi connectivity index (χ0) is 14.3. The number of aldehydes is 1. The maximum atomic E-state index is 11.9. The average Bonchev–Trinajstić information content (AvgIpc) is 2.73. The Morgan fingerprint density at radius 1 is 1.40 bits per heavy atom. The van der Waals surface area contributed by atoms with E-state index < -0.39 is 0 Å². The van der Waals surface area contributed by atoms with E-state index in [1.807, 2.05) is 12.1 Å². The van der Waals surface area contributed by atoms with E-state index in [1.54, 1.807) is 13.1 Å². The van der Waals surface area contributed by atoms with Gasteiger partial charge in [0.25, 0.3) is 0 Å². The quantitative estimate of drug-likeness (QED) is 0.650. The molecule has 0 saturated carbocycles. The predicted molar refractivity (Wildman–Crippen MR) is 71.2 cm³/mol. The first-order valence-electron chi connectivity index (χ1n) is 6.35. The number of nitrogens with one attached hydrogen (secondary N) is 1. The molecule has 0 bridgehead atoms. The molecule has 6 heteroatoms. The van der Waals surface area contributed by atoms with Crippen LogP contribution in [0.3, 0.4) is 0 Å². The molecule has 1 N–H and O–H groups in total. The van der Waals surface area contributed by atoms with E-state index in [0.717, 1.165) is 17.2 Å². The summed E-state index contributed by atoms with van der Waals surface area (Å²) in [6.07, 6.45) is 1.58. The number of piperidine rings is 1. The van der Waals surface area contributed by atoms with E-state index in [4.69, 9.17) is 0 Å². The van der Waals surface area contributed by atoms with E-state index in [1.165, 1.54) is 4.68 Å². The van der Waals surface area contributed by atoms with Crippen molar-refractivity contribution in [2.75, 3.05) is 0 Å². The minimum absolute atomic E-state index is 0.234. The third-order valence-electron chi connectivity index (χ3n) is 3.66. The highest BCUT2D eigenvalue weighted by Gasteiger charge is 2.28. The first kappa shape index (κ1) is 12.5. The van der Waals surface area contributed by atoms with Crippen LogP contribution in [0.1, 0.15) is 34.8 Å². The lowest BCUT2D eigenvalue weighted by Gasteiger charge is -2.21. The van der Waals surface area contributed by atoms with Crippen molar-refractivity contribution in [2.24, 2.45) is 7.05 Å². The first-order chi connectivity index (χ1) is 9.60. The predicted octanol–water partition coefficient (Wildman–Crippen LogP) is 0.906. The summed E-state index contributed by atoms with van der Waals surface area (Å²) in [4.78, 5) is 34.2. The van der Waals surface area contributed by atoms with Gasteiger partial charge in [-0.25, -0.2) is 0 Å². The Kier molecular flexibility index (Phi) is 2.85. The molecule has 102 valence electrons. The normalized spacial score (nSPS) is 19.1. The number of benzene rings is 1. The summed E-state index contributed by atoms with van der Waals surface area (Å²) in [5.41, 5.74) is 2.00. The van der Waals surface area contributed by atoms with E-state index in [-0.39, 0.29) is 17.7 Å². The molecule has 1 aromatic carbocycles. The van der Waals surface area contributed by atoms with Gasteiger partial charge in [0.05, 0.1) is 11.4 Å². The molecule has 3 rings (SSSR count). The number of carbonyl (C=O) groups excluding carboxylic acids is 3. The molecule has 0 spiro atoms. The van der Waals surface area contributed by atoms with Crippen molar-refractivity contribution < 1.29 is 14.4 Å². The van der Waals surface area contributed by atoms with Crippen LogP contribution in [0.5, 0.6) is 0 Å². The van der Waals surface area contributed by atoms with Crippen LogP contribution in [0.4, 0.5) is 0 Å². The molecule has 2 heterocycles. The van der Waals surface area contributed by atoms with Crippen LogP contribution in [0.15, 0.2) is 18.2 Å². The maximum absolute atomic E-state index is 11.9. The molecule has 1 atom stereocenters. The van der Waals surface area contributed by atoms with Gasteiger partial charge in [-0.05, 0) is 24.1 Å². The van der Waals surface area contributed by atoms with Gasteiger partial charge < -0.3 is 0 Å². The Balaban J connectivity index is 2.06. The number of aromatic nitrogens is 2. The van der Waals surface area contributed by atoms with Crippen molar-refractivity contribution in [3.63, 3.8) is 0 Å². The van der Waals surface area contributed by atoms with Gasteiger partial charge in [-0.3, -0.25) is 24.4 Å². The van der Waals surface area contributed by atoms with Gasteiger partial charge in [0.1, 0.15) is 5.69 Å². The van der Waals surface area contributed by atoms with Crippen molar-refractivity contribution in [3.05, 3.63) is 29.5 Å². The van der Waals surface area contributed by atoms with Crippen LogP contribution in [0, 0.1) is 0 Å². The second-order valence-corrected chi connectivity index (χ2v) is 4.91. The summed E-state index contributed by atoms with van der Waals surface area (Å²) in [5.74, 6) is -0.865. The highest BCUT2D eigenvalue weighted by atomic mass is 16.2. The summed E-state index contributed by atoms with van der Waals surface area (Å²) >= 11 is 0. The molecule has 2 aromatic rings. The van der Waals surface area contributed by atoms with Gasteiger partial charge in [-0.1, -0.05) is 6.07 Å². The Morgan fingerprint density at radius 2 is 2.20 bits per heavy atom. The van der Waals surface area contributed by atoms with E-state index in [9.17, 15) is 14.4 Å². The summed E-state index contributed by atoms with van der Waals surface area (Å²) in [6.45, 7) is 0. The molecule has 0 radical (unpaired) electrons. The second kappa shape index (κ2) is 4.56.